The first kappa shape index (κ1) is 40.0. The second-order valence-corrected chi connectivity index (χ2v) is 8.28. The Morgan fingerprint density at radius 3 is 0.489 bits per heavy atom. The molecule has 0 atom stereocenters. The van der Waals surface area contributed by atoms with Gasteiger partial charge in [-0.2, -0.15) is 0 Å². The zero-order chi connectivity index (χ0) is 33.7. The van der Waals surface area contributed by atoms with Gasteiger partial charge in [-0.3, -0.25) is 29.9 Å². The van der Waals surface area contributed by atoms with Crippen LogP contribution in [0, 0.1) is 0 Å². The van der Waals surface area contributed by atoms with Crippen LogP contribution in [-0.4, -0.2) is 44.4 Å². The Kier molecular flexibility index (Phi) is 18.5. The van der Waals surface area contributed by atoms with Crippen molar-refractivity contribution in [3.63, 3.8) is 0 Å². The van der Waals surface area contributed by atoms with Crippen molar-refractivity contribution in [2.45, 2.75) is 0 Å². The fraction of sp³-hybridized carbons (Fsp3) is 0. The molecule has 0 aliphatic heterocycles. The molecule has 0 saturated heterocycles. The Hall–Kier alpha value is -5.01. The van der Waals surface area contributed by atoms with Gasteiger partial charge in [0.1, 0.15) is 0 Å². The van der Waals surface area contributed by atoms with E-state index < -0.39 is 14.5 Å². The predicted molar refractivity (Wildman–Crippen MR) is 163 cm³/mol. The maximum absolute atomic E-state index is 9.75. The zero-order valence-electron chi connectivity index (χ0n) is 24.1. The molecule has 6 rings (SSSR count). The number of pyridine rings is 6. The van der Waals surface area contributed by atoms with Crippen LogP contribution in [0.5, 0.6) is 0 Å². The number of aromatic nitrogens is 6. The van der Waals surface area contributed by atoms with Gasteiger partial charge in [-0.1, -0.05) is 36.4 Å². The number of hydrogen-bond donors (Lipinski definition) is 0. The molecule has 0 aliphatic carbocycles. The van der Waals surface area contributed by atoms with Gasteiger partial charge in [0.2, 0.25) is 0 Å². The van der Waals surface area contributed by atoms with Crippen LogP contribution >= 0.6 is 0 Å². The molecule has 47 heavy (non-hydrogen) atoms. The molecule has 0 N–H and O–H groups in total. The Bertz CT molecular complexity index is 1300. The van der Waals surface area contributed by atoms with Crippen molar-refractivity contribution in [1.29, 1.82) is 0 Å². The first-order chi connectivity index (χ1) is 21.9. The zero-order valence-corrected chi connectivity index (χ0v) is 25.2. The van der Waals surface area contributed by atoms with Crippen molar-refractivity contribution in [2.24, 2.45) is 0 Å². The van der Waals surface area contributed by atoms with Gasteiger partial charge >= 0.3 is 31.6 Å². The fourth-order valence-electron chi connectivity index (χ4n) is 3.09. The van der Waals surface area contributed by atoms with E-state index in [2.05, 4.69) is 29.9 Å². The third-order valence-electron chi connectivity index (χ3n) is 4.78. The van der Waals surface area contributed by atoms with Crippen LogP contribution in [0.2, 0.25) is 0 Å². The van der Waals surface area contributed by atoms with Gasteiger partial charge in [-0.25, -0.2) is 0 Å². The molecule has 0 spiro atoms. The second-order valence-electron chi connectivity index (χ2n) is 8.28. The summed E-state index contributed by atoms with van der Waals surface area (Å²) in [4.78, 5) is 25.1. The molecule has 0 aromatic carbocycles. The van der Waals surface area contributed by atoms with Crippen LogP contribution in [0.3, 0.4) is 0 Å². The van der Waals surface area contributed by atoms with Crippen LogP contribution in [0.4, 0.5) is 34.5 Å². The standard InChI is InChI=1S/3C10H8N2.2BF4.Fe/c3*1-3-7-11-9(5-1)10-6-2-4-8-12-10;2*2-1(3,4)5;/h3*1-8H;;;/q;;;2*-1;+2. The molecule has 6 heterocycles. The molecule has 17 heteroatoms. The SMILES string of the molecule is F[B-](F)(F)F.F[B-](F)(F)F.[Fe+2].c1ccc(-c2ccccn2)nc1.c1ccc(-c2ccccn2)nc1.c1ccc(-c2ccccn2)nc1. The summed E-state index contributed by atoms with van der Waals surface area (Å²) in [6.07, 6.45) is 10.6. The van der Waals surface area contributed by atoms with Crippen LogP contribution in [0.1, 0.15) is 0 Å². The summed E-state index contributed by atoms with van der Waals surface area (Å²) >= 11 is 0. The van der Waals surface area contributed by atoms with Crippen LogP contribution < -0.4 is 0 Å². The average Bonchev–Trinajstić information content (AvgIpc) is 3.06. The maximum Gasteiger partial charge on any atom is 2.00 e. The number of halogens is 8. The van der Waals surface area contributed by atoms with Gasteiger partial charge in [0.15, 0.2) is 0 Å². The monoisotopic (exact) mass is 698 g/mol. The van der Waals surface area contributed by atoms with Gasteiger partial charge < -0.3 is 34.5 Å². The van der Waals surface area contributed by atoms with Crippen molar-refractivity contribution >= 4 is 14.5 Å². The number of rotatable bonds is 3. The van der Waals surface area contributed by atoms with Crippen molar-refractivity contribution < 1.29 is 51.6 Å². The third-order valence-corrected chi connectivity index (χ3v) is 4.78. The molecule has 244 valence electrons. The number of hydrogen-bond acceptors (Lipinski definition) is 6. The number of nitrogens with zero attached hydrogens (tertiary/aromatic N) is 6. The van der Waals surface area contributed by atoms with Gasteiger partial charge in [0.05, 0.1) is 34.2 Å². The van der Waals surface area contributed by atoms with Crippen LogP contribution in [0.25, 0.3) is 34.2 Å². The Balaban J connectivity index is 0.000000307. The van der Waals surface area contributed by atoms with E-state index in [1.165, 1.54) is 0 Å². The summed E-state index contributed by atoms with van der Waals surface area (Å²) in [5.41, 5.74) is 5.49. The van der Waals surface area contributed by atoms with E-state index in [4.69, 9.17) is 0 Å². The Morgan fingerprint density at radius 1 is 0.277 bits per heavy atom. The Morgan fingerprint density at radius 2 is 0.404 bits per heavy atom. The maximum atomic E-state index is 9.75. The molecule has 0 aliphatic rings. The minimum absolute atomic E-state index is 0. The van der Waals surface area contributed by atoms with Gasteiger partial charge in [0, 0.05) is 37.2 Å². The van der Waals surface area contributed by atoms with Gasteiger partial charge in [0.25, 0.3) is 0 Å². The summed E-state index contributed by atoms with van der Waals surface area (Å²) < 4.78 is 78.0. The fourth-order valence-corrected chi connectivity index (χ4v) is 3.09. The van der Waals surface area contributed by atoms with Gasteiger partial charge in [-0.15, -0.1) is 0 Å². The summed E-state index contributed by atoms with van der Waals surface area (Å²) in [6.45, 7) is 0. The van der Waals surface area contributed by atoms with Crippen molar-refractivity contribution in [3.05, 3.63) is 146 Å². The summed E-state index contributed by atoms with van der Waals surface area (Å²) in [7, 11) is -12.0. The third kappa shape index (κ3) is 20.6. The van der Waals surface area contributed by atoms with Crippen molar-refractivity contribution in [3.8, 4) is 34.2 Å². The second kappa shape index (κ2) is 21.7. The minimum Gasteiger partial charge on any atom is -0.418 e. The van der Waals surface area contributed by atoms with E-state index >= 15 is 0 Å². The van der Waals surface area contributed by atoms with Crippen molar-refractivity contribution in [2.75, 3.05) is 0 Å². The molecule has 6 aromatic rings. The molecular formula is C30H24B2F8FeN6. The van der Waals surface area contributed by atoms with Crippen LogP contribution in [0.15, 0.2) is 146 Å². The molecule has 0 fully saturated rings. The van der Waals surface area contributed by atoms with Gasteiger partial charge in [-0.05, 0) is 72.8 Å². The molecule has 0 saturated carbocycles. The first-order valence-electron chi connectivity index (χ1n) is 13.1. The molecular weight excluding hydrogens is 674 g/mol. The minimum atomic E-state index is -6.00. The molecule has 0 unspecified atom stereocenters. The van der Waals surface area contributed by atoms with E-state index in [9.17, 15) is 34.5 Å². The van der Waals surface area contributed by atoms with E-state index in [1.54, 1.807) is 37.2 Å². The summed E-state index contributed by atoms with van der Waals surface area (Å²) in [5, 5.41) is 0. The molecule has 0 amide bonds. The molecule has 6 aromatic heterocycles. The molecule has 0 radical (unpaired) electrons. The molecule has 0 bridgehead atoms. The smallest absolute Gasteiger partial charge is 0.418 e. The summed E-state index contributed by atoms with van der Waals surface area (Å²) in [5.74, 6) is 0. The van der Waals surface area contributed by atoms with Crippen LogP contribution in [-0.2, 0) is 17.1 Å². The van der Waals surface area contributed by atoms with E-state index in [1.807, 2.05) is 109 Å². The normalized spacial score (nSPS) is 9.96. The Labute approximate surface area is 276 Å². The summed E-state index contributed by atoms with van der Waals surface area (Å²) in [6, 6.07) is 34.8. The average molecular weight is 698 g/mol. The first-order valence-corrected chi connectivity index (χ1v) is 13.1. The molecule has 6 nitrogen and oxygen atoms in total. The van der Waals surface area contributed by atoms with E-state index in [-0.39, 0.29) is 17.1 Å². The quantitative estimate of drug-likeness (QED) is 0.136. The van der Waals surface area contributed by atoms with E-state index in [0.29, 0.717) is 0 Å². The topological polar surface area (TPSA) is 77.3 Å². The predicted octanol–water partition coefficient (Wildman–Crippen LogP) is 9.03. The largest absolute Gasteiger partial charge is 2.00 e. The van der Waals surface area contributed by atoms with E-state index in [0.717, 1.165) is 34.2 Å². The van der Waals surface area contributed by atoms with Crippen molar-refractivity contribution in [1.82, 2.24) is 29.9 Å².